The Morgan fingerprint density at radius 2 is 1.97 bits per heavy atom. The molecular formula is C22H35IN6O2. The van der Waals surface area contributed by atoms with Gasteiger partial charge in [0.2, 0.25) is 0 Å². The van der Waals surface area contributed by atoms with E-state index in [2.05, 4.69) is 58.3 Å². The van der Waals surface area contributed by atoms with E-state index in [0.29, 0.717) is 6.54 Å². The van der Waals surface area contributed by atoms with Gasteiger partial charge < -0.3 is 24.4 Å². The number of aromatic nitrogens is 1. The number of ether oxygens (including phenoxy) is 1. The minimum atomic E-state index is 0. The molecule has 8 nitrogen and oxygen atoms in total. The largest absolute Gasteiger partial charge is 0.496 e. The van der Waals surface area contributed by atoms with E-state index in [9.17, 15) is 0 Å². The van der Waals surface area contributed by atoms with Crippen LogP contribution in [0.15, 0.2) is 46.1 Å². The molecule has 1 aliphatic rings. The number of likely N-dealkylation sites (N-methyl/N-ethyl adjacent to an activating group) is 1. The number of halogens is 1. The minimum absolute atomic E-state index is 0. The second kappa shape index (κ2) is 12.9. The summed E-state index contributed by atoms with van der Waals surface area (Å²) in [6.45, 7) is 8.26. The molecule has 2 heterocycles. The van der Waals surface area contributed by atoms with Gasteiger partial charge in [-0.1, -0.05) is 23.4 Å². The fraction of sp³-hybridized carbons (Fsp3) is 0.545. The van der Waals surface area contributed by atoms with Gasteiger partial charge >= 0.3 is 0 Å². The van der Waals surface area contributed by atoms with E-state index in [1.807, 2.05) is 18.2 Å². The third-order valence-electron chi connectivity index (χ3n) is 5.42. The van der Waals surface area contributed by atoms with Gasteiger partial charge in [-0.2, -0.15) is 0 Å². The summed E-state index contributed by atoms with van der Waals surface area (Å²) in [4.78, 5) is 11.9. The van der Waals surface area contributed by atoms with Crippen molar-refractivity contribution in [1.82, 2.24) is 25.2 Å². The van der Waals surface area contributed by atoms with E-state index >= 15 is 0 Å². The first-order valence-electron chi connectivity index (χ1n) is 10.6. The monoisotopic (exact) mass is 542 g/mol. The number of methoxy groups -OCH3 is 1. The summed E-state index contributed by atoms with van der Waals surface area (Å²) in [5.41, 5.74) is 2.14. The summed E-state index contributed by atoms with van der Waals surface area (Å²) < 4.78 is 10.5. The lowest BCUT2D eigenvalue weighted by Gasteiger charge is -2.36. The van der Waals surface area contributed by atoms with Crippen LogP contribution in [0.5, 0.6) is 5.75 Å². The van der Waals surface area contributed by atoms with Crippen LogP contribution in [0.4, 0.5) is 0 Å². The molecule has 1 aromatic carbocycles. The van der Waals surface area contributed by atoms with Gasteiger partial charge in [0.05, 0.1) is 25.4 Å². The average molecular weight is 542 g/mol. The summed E-state index contributed by atoms with van der Waals surface area (Å²) >= 11 is 0. The number of para-hydroxylation sites is 1. The van der Waals surface area contributed by atoms with Gasteiger partial charge in [0, 0.05) is 50.9 Å². The molecule has 0 radical (unpaired) electrons. The van der Waals surface area contributed by atoms with Gasteiger partial charge in [-0.05, 0) is 27.1 Å². The molecule has 0 saturated carbocycles. The maximum Gasteiger partial charge on any atom is 0.194 e. The standard InChI is InChI=1S/C22H34N6O2.HI/c1-5-23-22(28-13-11-27(12-14-28)17-18-10-15-30-25-18)24-16-20(26(2)3)19-8-6-7-9-21(19)29-4;/h6-10,15,20H,5,11-14,16-17H2,1-4H3,(H,23,24);1H. The lowest BCUT2D eigenvalue weighted by atomic mass is 10.0. The van der Waals surface area contributed by atoms with Crippen molar-refractivity contribution in [3.8, 4) is 5.75 Å². The molecule has 1 N–H and O–H groups in total. The van der Waals surface area contributed by atoms with Gasteiger partial charge in [-0.25, -0.2) is 0 Å². The predicted molar refractivity (Wildman–Crippen MR) is 134 cm³/mol. The van der Waals surface area contributed by atoms with Crippen molar-refractivity contribution in [2.24, 2.45) is 4.99 Å². The van der Waals surface area contributed by atoms with Gasteiger partial charge in [0.15, 0.2) is 5.96 Å². The Balaban J connectivity index is 0.00000341. The summed E-state index contributed by atoms with van der Waals surface area (Å²) in [6, 6.07) is 10.3. The third kappa shape index (κ3) is 7.08. The number of rotatable bonds is 8. The predicted octanol–water partition coefficient (Wildman–Crippen LogP) is 2.69. The molecule has 172 valence electrons. The highest BCUT2D eigenvalue weighted by Crippen LogP contribution is 2.28. The number of aliphatic imine (C=N–C) groups is 1. The van der Waals surface area contributed by atoms with E-state index < -0.39 is 0 Å². The Bertz CT molecular complexity index is 791. The summed E-state index contributed by atoms with van der Waals surface area (Å²) in [6.07, 6.45) is 1.63. The first kappa shape index (κ1) is 25.4. The first-order chi connectivity index (χ1) is 14.6. The van der Waals surface area contributed by atoms with E-state index in [0.717, 1.165) is 62.2 Å². The van der Waals surface area contributed by atoms with Crippen molar-refractivity contribution in [2.45, 2.75) is 19.5 Å². The summed E-state index contributed by atoms with van der Waals surface area (Å²) in [5, 5.41) is 7.49. The average Bonchev–Trinajstić information content (AvgIpc) is 3.27. The lowest BCUT2D eigenvalue weighted by molar-refractivity contribution is 0.168. The van der Waals surface area contributed by atoms with Gasteiger partial charge in [-0.15, -0.1) is 24.0 Å². The first-order valence-corrected chi connectivity index (χ1v) is 10.6. The normalized spacial score (nSPS) is 16.2. The molecule has 1 saturated heterocycles. The van der Waals surface area contributed by atoms with Crippen LogP contribution in [-0.4, -0.2) is 86.3 Å². The van der Waals surface area contributed by atoms with Crippen LogP contribution in [0.25, 0.3) is 0 Å². The molecule has 1 aromatic heterocycles. The molecule has 0 amide bonds. The molecule has 31 heavy (non-hydrogen) atoms. The zero-order valence-corrected chi connectivity index (χ0v) is 21.3. The minimum Gasteiger partial charge on any atom is -0.496 e. The number of nitrogens with one attached hydrogen (secondary N) is 1. The van der Waals surface area contributed by atoms with Crippen LogP contribution < -0.4 is 10.1 Å². The molecule has 1 unspecified atom stereocenters. The second-order valence-electron chi connectivity index (χ2n) is 7.67. The molecule has 1 aliphatic heterocycles. The maximum absolute atomic E-state index is 5.58. The number of hydrogen-bond donors (Lipinski definition) is 1. The topological polar surface area (TPSA) is 69.4 Å². The van der Waals surface area contributed by atoms with Crippen molar-refractivity contribution < 1.29 is 9.26 Å². The van der Waals surface area contributed by atoms with Gasteiger partial charge in [0.1, 0.15) is 12.0 Å². The second-order valence-corrected chi connectivity index (χ2v) is 7.67. The fourth-order valence-corrected chi connectivity index (χ4v) is 3.75. The number of hydrogen-bond acceptors (Lipinski definition) is 6. The van der Waals surface area contributed by atoms with E-state index in [-0.39, 0.29) is 30.0 Å². The van der Waals surface area contributed by atoms with Gasteiger partial charge in [0.25, 0.3) is 0 Å². The van der Waals surface area contributed by atoms with Crippen molar-refractivity contribution in [3.63, 3.8) is 0 Å². The molecular weight excluding hydrogens is 507 g/mol. The fourth-order valence-electron chi connectivity index (χ4n) is 3.75. The number of piperazine rings is 1. The van der Waals surface area contributed by atoms with Crippen LogP contribution >= 0.6 is 24.0 Å². The van der Waals surface area contributed by atoms with Crippen molar-refractivity contribution in [3.05, 3.63) is 47.9 Å². The Morgan fingerprint density at radius 1 is 1.23 bits per heavy atom. The van der Waals surface area contributed by atoms with Crippen LogP contribution in [0, 0.1) is 0 Å². The van der Waals surface area contributed by atoms with Crippen molar-refractivity contribution in [1.29, 1.82) is 0 Å². The zero-order chi connectivity index (χ0) is 21.3. The molecule has 0 spiro atoms. The zero-order valence-electron chi connectivity index (χ0n) is 19.0. The highest BCUT2D eigenvalue weighted by atomic mass is 127. The smallest absolute Gasteiger partial charge is 0.194 e. The van der Waals surface area contributed by atoms with Crippen molar-refractivity contribution in [2.75, 3.05) is 60.5 Å². The van der Waals surface area contributed by atoms with Crippen LogP contribution in [0.3, 0.4) is 0 Å². The highest BCUT2D eigenvalue weighted by molar-refractivity contribution is 14.0. The van der Waals surface area contributed by atoms with Crippen molar-refractivity contribution >= 4 is 29.9 Å². The Labute approximate surface area is 202 Å². The van der Waals surface area contributed by atoms with Crippen LogP contribution in [0.2, 0.25) is 0 Å². The number of nitrogens with zero attached hydrogens (tertiary/aromatic N) is 5. The quantitative estimate of drug-likeness (QED) is 0.313. The molecule has 9 heteroatoms. The molecule has 0 aliphatic carbocycles. The molecule has 2 aromatic rings. The lowest BCUT2D eigenvalue weighted by Crippen LogP contribution is -2.52. The number of benzene rings is 1. The molecule has 1 atom stereocenters. The summed E-state index contributed by atoms with van der Waals surface area (Å²) in [5.74, 6) is 1.87. The van der Waals surface area contributed by atoms with Gasteiger partial charge in [-0.3, -0.25) is 9.89 Å². The van der Waals surface area contributed by atoms with E-state index in [4.69, 9.17) is 14.3 Å². The SMILES string of the molecule is CCNC(=NCC(c1ccccc1OC)N(C)C)N1CCN(Cc2ccon2)CC1.I. The Kier molecular flexibility index (Phi) is 10.6. The van der Waals surface area contributed by atoms with E-state index in [1.165, 1.54) is 0 Å². The summed E-state index contributed by atoms with van der Waals surface area (Å²) in [7, 11) is 5.89. The third-order valence-corrected chi connectivity index (χ3v) is 5.42. The molecule has 1 fully saturated rings. The number of guanidine groups is 1. The maximum atomic E-state index is 5.58. The Morgan fingerprint density at radius 3 is 2.58 bits per heavy atom. The van der Waals surface area contributed by atoms with Crippen LogP contribution in [-0.2, 0) is 6.54 Å². The molecule has 0 bridgehead atoms. The highest BCUT2D eigenvalue weighted by Gasteiger charge is 2.22. The Hall–Kier alpha value is -1.85. The molecule has 3 rings (SSSR count). The van der Waals surface area contributed by atoms with E-state index in [1.54, 1.807) is 13.4 Å². The van der Waals surface area contributed by atoms with Crippen LogP contribution in [0.1, 0.15) is 24.2 Å².